The Hall–Kier alpha value is -0.530. The average Bonchev–Trinajstić information content (AvgIpc) is 2.19. The zero-order valence-electron chi connectivity index (χ0n) is 10.4. The molecule has 0 spiro atoms. The Balaban J connectivity index is 4.27. The van der Waals surface area contributed by atoms with Crippen LogP contribution in [-0.4, -0.2) is 10.5 Å². The summed E-state index contributed by atoms with van der Waals surface area (Å²) in [4.78, 5) is 0. The number of rotatable bonds is 6. The molecule has 0 amide bonds. The number of hydrogen-bond acceptors (Lipinski definition) is 1. The molecule has 2 atom stereocenters. The highest BCUT2D eigenvalue weighted by Crippen LogP contribution is 2.24. The molecule has 0 aliphatic carbocycles. The Bertz CT molecular complexity index is 231. The lowest BCUT2D eigenvalue weighted by molar-refractivity contribution is 0.814. The summed E-state index contributed by atoms with van der Waals surface area (Å²) >= 11 is 1.94. The number of hydrogen-bond donors (Lipinski definition) is 0. The minimum Gasteiger partial charge on any atom is -0.129 e. The summed E-state index contributed by atoms with van der Waals surface area (Å²) < 4.78 is 0. The highest BCUT2D eigenvalue weighted by atomic mass is 32.2. The predicted molar refractivity (Wildman–Crippen MR) is 71.9 cm³/mol. The van der Waals surface area contributed by atoms with E-state index >= 15 is 0 Å². The molecular formula is C14H22S. The van der Waals surface area contributed by atoms with Gasteiger partial charge in [0.05, 0.1) is 10.5 Å². The Labute approximate surface area is 99.6 Å². The molecule has 0 nitrogen and oxygen atoms in total. The minimum atomic E-state index is 0.470. The normalized spacial score (nSPS) is 13.1. The Morgan fingerprint density at radius 3 is 1.53 bits per heavy atom. The first-order valence-electron chi connectivity index (χ1n) is 5.78. The highest BCUT2D eigenvalue weighted by molar-refractivity contribution is 8.01. The predicted octanol–water partition coefficient (Wildman–Crippen LogP) is 4.10. The lowest BCUT2D eigenvalue weighted by Gasteiger charge is -2.14. The second kappa shape index (κ2) is 10.0. The van der Waals surface area contributed by atoms with Gasteiger partial charge in [0, 0.05) is 0 Å². The molecule has 2 unspecified atom stereocenters. The van der Waals surface area contributed by atoms with Gasteiger partial charge >= 0.3 is 0 Å². The van der Waals surface area contributed by atoms with Crippen LogP contribution < -0.4 is 0 Å². The van der Waals surface area contributed by atoms with Crippen molar-refractivity contribution in [2.75, 3.05) is 0 Å². The molecule has 0 radical (unpaired) electrons. The van der Waals surface area contributed by atoms with Gasteiger partial charge in [-0.15, -0.1) is 23.6 Å². The summed E-state index contributed by atoms with van der Waals surface area (Å²) in [5.74, 6) is 12.6. The lowest BCUT2D eigenvalue weighted by Crippen LogP contribution is -2.08. The molecule has 84 valence electrons. The van der Waals surface area contributed by atoms with Crippen LogP contribution in [0, 0.1) is 23.7 Å². The first-order chi connectivity index (χ1) is 7.28. The van der Waals surface area contributed by atoms with Crippen molar-refractivity contribution in [2.45, 2.75) is 63.9 Å². The third kappa shape index (κ3) is 7.40. The zero-order chi connectivity index (χ0) is 11.5. The van der Waals surface area contributed by atoms with Gasteiger partial charge < -0.3 is 0 Å². The van der Waals surface area contributed by atoms with Crippen LogP contribution in [0.15, 0.2) is 0 Å². The number of thioether (sulfide) groups is 1. The van der Waals surface area contributed by atoms with Gasteiger partial charge in [0.1, 0.15) is 0 Å². The Morgan fingerprint density at radius 2 is 1.27 bits per heavy atom. The molecule has 0 rings (SSSR count). The smallest absolute Gasteiger partial charge is 0.0669 e. The van der Waals surface area contributed by atoms with E-state index in [0.717, 1.165) is 0 Å². The fraction of sp³-hybridized carbons (Fsp3) is 0.714. The van der Waals surface area contributed by atoms with Gasteiger partial charge in [0.2, 0.25) is 0 Å². The third-order valence-corrected chi connectivity index (χ3v) is 3.41. The van der Waals surface area contributed by atoms with Crippen LogP contribution in [0.4, 0.5) is 0 Å². The van der Waals surface area contributed by atoms with Gasteiger partial charge in [-0.3, -0.25) is 0 Å². The second-order valence-corrected chi connectivity index (χ2v) is 4.89. The molecule has 0 aliphatic rings. The van der Waals surface area contributed by atoms with Gasteiger partial charge in [0.15, 0.2) is 0 Å². The van der Waals surface area contributed by atoms with Crippen LogP contribution >= 0.6 is 11.8 Å². The fourth-order valence-electron chi connectivity index (χ4n) is 1.39. The van der Waals surface area contributed by atoms with E-state index in [9.17, 15) is 0 Å². The first-order valence-corrected chi connectivity index (χ1v) is 6.72. The van der Waals surface area contributed by atoms with Crippen LogP contribution in [0.1, 0.15) is 53.4 Å². The van der Waals surface area contributed by atoms with Crippen molar-refractivity contribution >= 4 is 11.8 Å². The molecule has 1 heteroatoms. The van der Waals surface area contributed by atoms with Crippen LogP contribution in [0.3, 0.4) is 0 Å². The van der Waals surface area contributed by atoms with Crippen molar-refractivity contribution in [1.82, 2.24) is 0 Å². The van der Waals surface area contributed by atoms with Crippen LogP contribution in [0.25, 0.3) is 0 Å². The summed E-state index contributed by atoms with van der Waals surface area (Å²) in [6.07, 6.45) is 4.75. The monoisotopic (exact) mass is 222 g/mol. The standard InChI is InChI=1S/C14H22S/c1-5-9-13(10-6-2)15-14(11-7-3)12-8-4/h13-14H,5,7,9,11H2,1-4H3. The summed E-state index contributed by atoms with van der Waals surface area (Å²) in [6.45, 7) is 8.27. The minimum absolute atomic E-state index is 0.470. The van der Waals surface area contributed by atoms with Gasteiger partial charge in [0.25, 0.3) is 0 Å². The maximum absolute atomic E-state index is 3.28. The van der Waals surface area contributed by atoms with E-state index in [1.165, 1.54) is 25.7 Å². The first kappa shape index (κ1) is 14.5. The van der Waals surface area contributed by atoms with Crippen LogP contribution in [0.5, 0.6) is 0 Å². The van der Waals surface area contributed by atoms with E-state index in [1.807, 2.05) is 25.6 Å². The lowest BCUT2D eigenvalue weighted by atomic mass is 10.2. The van der Waals surface area contributed by atoms with Gasteiger partial charge in [-0.05, 0) is 26.7 Å². The van der Waals surface area contributed by atoms with Crippen molar-refractivity contribution in [2.24, 2.45) is 0 Å². The molecule has 0 saturated heterocycles. The SMILES string of the molecule is CC#CC(CCC)SC(C#CC)CCC. The molecule has 0 aliphatic heterocycles. The Morgan fingerprint density at radius 1 is 0.867 bits per heavy atom. The maximum atomic E-state index is 3.28. The van der Waals surface area contributed by atoms with E-state index in [0.29, 0.717) is 10.5 Å². The van der Waals surface area contributed by atoms with Crippen molar-refractivity contribution < 1.29 is 0 Å². The molecule has 0 heterocycles. The molecule has 0 saturated carbocycles. The third-order valence-electron chi connectivity index (χ3n) is 2.04. The fourth-order valence-corrected chi connectivity index (χ4v) is 2.91. The molecule has 0 N–H and O–H groups in total. The van der Waals surface area contributed by atoms with Gasteiger partial charge in [-0.2, -0.15) is 0 Å². The summed E-state index contributed by atoms with van der Waals surface area (Å²) in [6, 6.07) is 0. The second-order valence-electron chi connectivity index (χ2n) is 3.48. The van der Waals surface area contributed by atoms with E-state index in [1.54, 1.807) is 0 Å². The molecule has 0 aromatic rings. The summed E-state index contributed by atoms with van der Waals surface area (Å²) in [7, 11) is 0. The van der Waals surface area contributed by atoms with Crippen molar-refractivity contribution in [3.05, 3.63) is 0 Å². The van der Waals surface area contributed by atoms with Crippen molar-refractivity contribution in [1.29, 1.82) is 0 Å². The summed E-state index contributed by atoms with van der Waals surface area (Å²) in [5, 5.41) is 0.940. The zero-order valence-corrected chi connectivity index (χ0v) is 11.2. The molecule has 0 bridgehead atoms. The molecule has 0 aromatic carbocycles. The van der Waals surface area contributed by atoms with Gasteiger partial charge in [-0.1, -0.05) is 38.5 Å². The Kier molecular flexibility index (Phi) is 9.65. The topological polar surface area (TPSA) is 0 Å². The molecule has 15 heavy (non-hydrogen) atoms. The van der Waals surface area contributed by atoms with E-state index in [4.69, 9.17) is 0 Å². The van der Waals surface area contributed by atoms with Crippen molar-refractivity contribution in [3.8, 4) is 23.7 Å². The molecular weight excluding hydrogens is 200 g/mol. The van der Waals surface area contributed by atoms with Crippen LogP contribution in [-0.2, 0) is 0 Å². The average molecular weight is 222 g/mol. The highest BCUT2D eigenvalue weighted by Gasteiger charge is 2.11. The van der Waals surface area contributed by atoms with E-state index in [2.05, 4.69) is 37.5 Å². The van der Waals surface area contributed by atoms with E-state index < -0.39 is 0 Å². The van der Waals surface area contributed by atoms with E-state index in [-0.39, 0.29) is 0 Å². The summed E-state index contributed by atoms with van der Waals surface area (Å²) in [5.41, 5.74) is 0. The van der Waals surface area contributed by atoms with Gasteiger partial charge in [-0.25, -0.2) is 0 Å². The quantitative estimate of drug-likeness (QED) is 0.610. The van der Waals surface area contributed by atoms with Crippen LogP contribution in [0.2, 0.25) is 0 Å². The maximum Gasteiger partial charge on any atom is 0.0669 e. The molecule has 0 fully saturated rings. The van der Waals surface area contributed by atoms with Crippen molar-refractivity contribution in [3.63, 3.8) is 0 Å². The molecule has 0 aromatic heterocycles. The largest absolute Gasteiger partial charge is 0.129 e.